The fourth-order valence-electron chi connectivity index (χ4n) is 3.82. The van der Waals surface area contributed by atoms with Crippen molar-refractivity contribution in [2.24, 2.45) is 0 Å². The first-order valence-electron chi connectivity index (χ1n) is 11.2. The Hall–Kier alpha value is -3.44. The standard InChI is InChI=1S/C24H27F3N6O2/c1-16-13-18(24(25,26)27)15-21(14-16)35-20-5-3-19(4-6-20)30-22-28-17(2)29-23(31-22)33-9-7-32(8-10-33)11-12-34/h3-6,13-15,34H,7-12H2,1-2H3,(H,28,29,30,31). The SMILES string of the molecule is Cc1cc(Oc2ccc(Nc3nc(C)nc(N4CCN(CCO)CC4)n3)cc2)cc(C(F)(F)F)c1. The zero-order chi connectivity index (χ0) is 25.0. The lowest BCUT2D eigenvalue weighted by Gasteiger charge is -2.34. The topological polar surface area (TPSA) is 86.6 Å². The molecule has 186 valence electrons. The number of aryl methyl sites for hydroxylation is 2. The largest absolute Gasteiger partial charge is 0.457 e. The van der Waals surface area contributed by atoms with Crippen LogP contribution in [0.5, 0.6) is 11.5 Å². The monoisotopic (exact) mass is 488 g/mol. The van der Waals surface area contributed by atoms with Crippen LogP contribution in [-0.2, 0) is 6.18 Å². The summed E-state index contributed by atoms with van der Waals surface area (Å²) in [6.07, 6.45) is -4.44. The van der Waals surface area contributed by atoms with E-state index in [2.05, 4.69) is 30.1 Å². The van der Waals surface area contributed by atoms with Gasteiger partial charge >= 0.3 is 6.18 Å². The van der Waals surface area contributed by atoms with Gasteiger partial charge in [-0.3, -0.25) is 4.90 Å². The molecule has 35 heavy (non-hydrogen) atoms. The molecule has 1 fully saturated rings. The van der Waals surface area contributed by atoms with Gasteiger partial charge in [-0.15, -0.1) is 0 Å². The number of hydrogen-bond donors (Lipinski definition) is 2. The molecule has 0 atom stereocenters. The Morgan fingerprint density at radius 1 is 0.943 bits per heavy atom. The van der Waals surface area contributed by atoms with Crippen LogP contribution in [0.3, 0.4) is 0 Å². The number of anilines is 3. The quantitative estimate of drug-likeness (QED) is 0.513. The highest BCUT2D eigenvalue weighted by Gasteiger charge is 2.31. The number of ether oxygens (including phenoxy) is 1. The molecule has 1 aliphatic heterocycles. The first-order chi connectivity index (χ1) is 16.7. The summed E-state index contributed by atoms with van der Waals surface area (Å²) >= 11 is 0. The lowest BCUT2D eigenvalue weighted by atomic mass is 10.1. The second kappa shape index (κ2) is 10.4. The van der Waals surface area contributed by atoms with Crippen molar-refractivity contribution in [3.8, 4) is 11.5 Å². The summed E-state index contributed by atoms with van der Waals surface area (Å²) < 4.78 is 44.9. The van der Waals surface area contributed by atoms with E-state index in [0.717, 1.165) is 38.3 Å². The van der Waals surface area contributed by atoms with Crippen molar-refractivity contribution in [3.05, 3.63) is 59.4 Å². The maximum atomic E-state index is 13.1. The summed E-state index contributed by atoms with van der Waals surface area (Å²) in [6, 6.07) is 10.4. The van der Waals surface area contributed by atoms with Crippen molar-refractivity contribution < 1.29 is 23.0 Å². The zero-order valence-electron chi connectivity index (χ0n) is 19.5. The van der Waals surface area contributed by atoms with Crippen molar-refractivity contribution in [3.63, 3.8) is 0 Å². The summed E-state index contributed by atoms with van der Waals surface area (Å²) in [5, 5.41) is 12.3. The zero-order valence-corrected chi connectivity index (χ0v) is 19.5. The van der Waals surface area contributed by atoms with Crippen LogP contribution in [0.2, 0.25) is 0 Å². The summed E-state index contributed by atoms with van der Waals surface area (Å²) in [7, 11) is 0. The molecule has 0 saturated carbocycles. The number of piperazine rings is 1. The smallest absolute Gasteiger partial charge is 0.416 e. The van der Waals surface area contributed by atoms with Crippen LogP contribution in [0.15, 0.2) is 42.5 Å². The molecule has 0 aliphatic carbocycles. The van der Waals surface area contributed by atoms with E-state index in [4.69, 9.17) is 9.84 Å². The molecule has 4 rings (SSSR count). The van der Waals surface area contributed by atoms with E-state index in [-0.39, 0.29) is 12.4 Å². The Morgan fingerprint density at radius 2 is 1.66 bits per heavy atom. The number of hydrogen-bond acceptors (Lipinski definition) is 8. The average molecular weight is 489 g/mol. The highest BCUT2D eigenvalue weighted by atomic mass is 19.4. The van der Waals surface area contributed by atoms with E-state index in [9.17, 15) is 13.2 Å². The van der Waals surface area contributed by atoms with Gasteiger partial charge in [0, 0.05) is 38.4 Å². The van der Waals surface area contributed by atoms with E-state index in [0.29, 0.717) is 41.3 Å². The Kier molecular flexibility index (Phi) is 7.37. The first-order valence-corrected chi connectivity index (χ1v) is 11.2. The number of aliphatic hydroxyl groups excluding tert-OH is 1. The maximum Gasteiger partial charge on any atom is 0.416 e. The number of rotatable bonds is 7. The van der Waals surface area contributed by atoms with Gasteiger partial charge in [-0.05, 0) is 61.9 Å². The second-order valence-corrected chi connectivity index (χ2v) is 8.34. The number of aromatic nitrogens is 3. The van der Waals surface area contributed by atoms with Gasteiger partial charge in [0.15, 0.2) is 0 Å². The molecule has 0 bridgehead atoms. The van der Waals surface area contributed by atoms with Gasteiger partial charge in [0.25, 0.3) is 0 Å². The third kappa shape index (κ3) is 6.58. The summed E-state index contributed by atoms with van der Waals surface area (Å²) in [6.45, 7) is 7.34. The van der Waals surface area contributed by atoms with Gasteiger partial charge in [0.05, 0.1) is 12.2 Å². The molecule has 2 heterocycles. The molecule has 2 N–H and O–H groups in total. The fraction of sp³-hybridized carbons (Fsp3) is 0.375. The van der Waals surface area contributed by atoms with Gasteiger partial charge in [-0.2, -0.15) is 28.1 Å². The summed E-state index contributed by atoms with van der Waals surface area (Å²) in [4.78, 5) is 17.6. The molecule has 0 amide bonds. The number of aliphatic hydroxyl groups is 1. The van der Waals surface area contributed by atoms with Gasteiger partial charge in [0.1, 0.15) is 17.3 Å². The molecule has 8 nitrogen and oxygen atoms in total. The number of benzene rings is 2. The predicted octanol–water partition coefficient (Wildman–Crippen LogP) is 4.16. The third-order valence-electron chi connectivity index (χ3n) is 5.53. The van der Waals surface area contributed by atoms with Crippen molar-refractivity contribution in [1.82, 2.24) is 19.9 Å². The van der Waals surface area contributed by atoms with E-state index in [1.165, 1.54) is 0 Å². The van der Waals surface area contributed by atoms with E-state index >= 15 is 0 Å². The molecule has 0 radical (unpaired) electrons. The van der Waals surface area contributed by atoms with Crippen molar-refractivity contribution in [2.45, 2.75) is 20.0 Å². The normalized spacial score (nSPS) is 14.7. The van der Waals surface area contributed by atoms with Crippen molar-refractivity contribution in [2.75, 3.05) is 49.5 Å². The molecular formula is C24H27F3N6O2. The van der Waals surface area contributed by atoms with Crippen LogP contribution < -0.4 is 15.0 Å². The number of nitrogens with one attached hydrogen (secondary N) is 1. The van der Waals surface area contributed by atoms with Crippen molar-refractivity contribution >= 4 is 17.6 Å². The molecule has 0 spiro atoms. The Balaban J connectivity index is 1.42. The Morgan fingerprint density at radius 3 is 2.31 bits per heavy atom. The lowest BCUT2D eigenvalue weighted by molar-refractivity contribution is -0.137. The molecule has 11 heteroatoms. The summed E-state index contributed by atoms with van der Waals surface area (Å²) in [5.74, 6) is 2.09. The van der Waals surface area contributed by atoms with Crippen molar-refractivity contribution in [1.29, 1.82) is 0 Å². The van der Waals surface area contributed by atoms with E-state index in [1.807, 2.05) is 0 Å². The molecule has 1 aromatic heterocycles. The molecule has 1 aliphatic rings. The second-order valence-electron chi connectivity index (χ2n) is 8.34. The highest BCUT2D eigenvalue weighted by molar-refractivity contribution is 5.56. The third-order valence-corrected chi connectivity index (χ3v) is 5.53. The maximum absolute atomic E-state index is 13.1. The minimum atomic E-state index is -4.44. The van der Waals surface area contributed by atoms with Crippen LogP contribution in [0, 0.1) is 13.8 Å². The molecular weight excluding hydrogens is 461 g/mol. The number of nitrogens with zero attached hydrogens (tertiary/aromatic N) is 5. The minimum Gasteiger partial charge on any atom is -0.457 e. The Bertz CT molecular complexity index is 1150. The van der Waals surface area contributed by atoms with E-state index < -0.39 is 11.7 Å². The van der Waals surface area contributed by atoms with Crippen LogP contribution in [0.4, 0.5) is 30.8 Å². The van der Waals surface area contributed by atoms with Crippen LogP contribution in [0.1, 0.15) is 17.0 Å². The predicted molar refractivity (Wildman–Crippen MR) is 126 cm³/mol. The lowest BCUT2D eigenvalue weighted by Crippen LogP contribution is -2.47. The Labute approximate surface area is 201 Å². The number of alkyl halides is 3. The van der Waals surface area contributed by atoms with Gasteiger partial charge in [0.2, 0.25) is 11.9 Å². The molecule has 2 aromatic carbocycles. The van der Waals surface area contributed by atoms with Gasteiger partial charge in [-0.1, -0.05) is 0 Å². The summed E-state index contributed by atoms with van der Waals surface area (Å²) in [5.41, 5.74) is 0.410. The fourth-order valence-corrected chi connectivity index (χ4v) is 3.82. The minimum absolute atomic E-state index is 0.120. The van der Waals surface area contributed by atoms with Crippen LogP contribution in [0.25, 0.3) is 0 Å². The van der Waals surface area contributed by atoms with Crippen LogP contribution in [-0.4, -0.2) is 64.3 Å². The average Bonchev–Trinajstić information content (AvgIpc) is 2.80. The first kappa shape index (κ1) is 24.7. The molecule has 3 aromatic rings. The van der Waals surface area contributed by atoms with E-state index in [1.54, 1.807) is 44.2 Å². The van der Waals surface area contributed by atoms with Gasteiger partial charge in [-0.25, -0.2) is 0 Å². The number of β-amino-alcohol motifs (C(OH)–C–C–N with tert-alkyl or cyclic N) is 1. The number of halogens is 3. The van der Waals surface area contributed by atoms with Gasteiger partial charge < -0.3 is 20.1 Å². The molecule has 1 saturated heterocycles. The molecule has 0 unspecified atom stereocenters. The highest BCUT2D eigenvalue weighted by Crippen LogP contribution is 2.34. The van der Waals surface area contributed by atoms with Crippen LogP contribution >= 0.6 is 0 Å².